The average molecular weight is 291 g/mol. The number of furan rings is 1. The van der Waals surface area contributed by atoms with E-state index in [1.165, 1.54) is 5.56 Å². The Kier molecular flexibility index (Phi) is 5.79. The highest BCUT2D eigenvalue weighted by Crippen LogP contribution is 2.28. The van der Waals surface area contributed by atoms with E-state index in [-0.39, 0.29) is 12.3 Å². The van der Waals surface area contributed by atoms with Crippen LogP contribution in [0.25, 0.3) is 11.0 Å². The third-order valence-corrected chi connectivity index (χ3v) is 3.36. The Labute approximate surface area is 126 Å². The van der Waals surface area contributed by atoms with Gasteiger partial charge in [0.25, 0.3) is 0 Å². The van der Waals surface area contributed by atoms with E-state index in [0.717, 1.165) is 23.3 Å². The summed E-state index contributed by atoms with van der Waals surface area (Å²) in [5.41, 5.74) is 2.12. The molecule has 0 amide bonds. The molecule has 1 unspecified atom stereocenters. The van der Waals surface area contributed by atoms with Crippen molar-refractivity contribution < 1.29 is 13.9 Å². The minimum atomic E-state index is -0.346. The summed E-state index contributed by atoms with van der Waals surface area (Å²) in [5.74, 6) is 0.851. The summed E-state index contributed by atoms with van der Waals surface area (Å²) in [7, 11) is 0. The fourth-order valence-electron chi connectivity index (χ4n) is 2.46. The van der Waals surface area contributed by atoms with E-state index in [2.05, 4.69) is 37.4 Å². The minimum Gasteiger partial charge on any atom is -0.459 e. The highest BCUT2D eigenvalue weighted by Gasteiger charge is 2.26. The number of likely N-dealkylation sites (N-methyl/N-ethyl adjacent to an activating group) is 1. The maximum atomic E-state index is 5.99. The summed E-state index contributed by atoms with van der Waals surface area (Å²) in [5, 5.41) is 4.51. The molecule has 1 heterocycles. The average Bonchev–Trinajstić information content (AvgIpc) is 2.87. The van der Waals surface area contributed by atoms with E-state index in [1.807, 2.05) is 19.9 Å². The first-order valence-corrected chi connectivity index (χ1v) is 7.66. The number of ether oxygens (including phenoxy) is 2. The lowest BCUT2D eigenvalue weighted by Crippen LogP contribution is -2.35. The van der Waals surface area contributed by atoms with Gasteiger partial charge in [0, 0.05) is 18.6 Å². The summed E-state index contributed by atoms with van der Waals surface area (Å²) in [6.45, 7) is 10.1. The van der Waals surface area contributed by atoms with E-state index in [1.54, 1.807) is 0 Å². The van der Waals surface area contributed by atoms with Gasteiger partial charge in [-0.25, -0.2) is 0 Å². The highest BCUT2D eigenvalue weighted by molar-refractivity contribution is 5.78. The number of rotatable bonds is 8. The molecule has 1 atom stereocenters. The predicted octanol–water partition coefficient (Wildman–Crippen LogP) is 3.79. The first kappa shape index (κ1) is 16.0. The van der Waals surface area contributed by atoms with Crippen LogP contribution in [0.15, 0.2) is 28.7 Å². The zero-order valence-corrected chi connectivity index (χ0v) is 13.3. The topological polar surface area (TPSA) is 43.6 Å². The molecule has 4 heteroatoms. The number of fused-ring (bicyclic) bond motifs is 1. The van der Waals surface area contributed by atoms with Crippen LogP contribution in [0.3, 0.4) is 0 Å². The molecule has 0 aliphatic heterocycles. The molecule has 1 aromatic heterocycles. The molecule has 1 aromatic carbocycles. The molecule has 21 heavy (non-hydrogen) atoms. The standard InChI is InChI=1S/C17H25NO3/c1-5-18-16(17(19-6-2)20-7-3)15-11-13-10-12(4)8-9-14(13)21-15/h8-11,16-18H,5-7H2,1-4H3. The summed E-state index contributed by atoms with van der Waals surface area (Å²) in [4.78, 5) is 0. The number of aryl methyl sites for hydroxylation is 1. The maximum absolute atomic E-state index is 5.99. The second-order valence-corrected chi connectivity index (χ2v) is 5.00. The van der Waals surface area contributed by atoms with Crippen molar-refractivity contribution in [3.05, 3.63) is 35.6 Å². The minimum absolute atomic E-state index is 0.109. The normalized spacial score (nSPS) is 13.2. The van der Waals surface area contributed by atoms with Gasteiger partial charge in [0.1, 0.15) is 17.4 Å². The zero-order chi connectivity index (χ0) is 15.2. The molecule has 0 saturated heterocycles. The smallest absolute Gasteiger partial charge is 0.179 e. The van der Waals surface area contributed by atoms with Crippen LogP contribution in [0, 0.1) is 6.92 Å². The fraction of sp³-hybridized carbons (Fsp3) is 0.529. The molecule has 4 nitrogen and oxygen atoms in total. The van der Waals surface area contributed by atoms with E-state index < -0.39 is 0 Å². The van der Waals surface area contributed by atoms with Gasteiger partial charge in [0.15, 0.2) is 6.29 Å². The first-order chi connectivity index (χ1) is 10.2. The van der Waals surface area contributed by atoms with Gasteiger partial charge in [-0.3, -0.25) is 0 Å². The van der Waals surface area contributed by atoms with Crippen molar-refractivity contribution >= 4 is 11.0 Å². The van der Waals surface area contributed by atoms with Crippen molar-refractivity contribution in [3.63, 3.8) is 0 Å². The molecule has 0 radical (unpaired) electrons. The van der Waals surface area contributed by atoms with Gasteiger partial charge >= 0.3 is 0 Å². The van der Waals surface area contributed by atoms with Crippen molar-refractivity contribution in [1.29, 1.82) is 0 Å². The van der Waals surface area contributed by atoms with Crippen LogP contribution in [-0.2, 0) is 9.47 Å². The van der Waals surface area contributed by atoms with Crippen LogP contribution >= 0.6 is 0 Å². The van der Waals surface area contributed by atoms with E-state index in [9.17, 15) is 0 Å². The molecular weight excluding hydrogens is 266 g/mol. The quantitative estimate of drug-likeness (QED) is 0.751. The van der Waals surface area contributed by atoms with Gasteiger partial charge in [-0.1, -0.05) is 18.6 Å². The summed E-state index contributed by atoms with van der Waals surface area (Å²) < 4.78 is 17.4. The molecule has 2 rings (SSSR count). The molecule has 116 valence electrons. The summed E-state index contributed by atoms with van der Waals surface area (Å²) in [6.07, 6.45) is -0.346. The molecular formula is C17H25NO3. The predicted molar refractivity (Wildman–Crippen MR) is 84.4 cm³/mol. The lowest BCUT2D eigenvalue weighted by molar-refractivity contribution is -0.157. The Hall–Kier alpha value is -1.36. The third kappa shape index (κ3) is 3.84. The van der Waals surface area contributed by atoms with Crippen LogP contribution in [0.1, 0.15) is 38.1 Å². The number of benzene rings is 1. The van der Waals surface area contributed by atoms with Crippen molar-refractivity contribution in [2.75, 3.05) is 19.8 Å². The Bertz CT molecular complexity index is 558. The van der Waals surface area contributed by atoms with Gasteiger partial charge in [-0.2, -0.15) is 0 Å². The van der Waals surface area contributed by atoms with Gasteiger partial charge in [-0.05, 0) is 45.5 Å². The molecule has 2 aromatic rings. The molecule has 1 N–H and O–H groups in total. The highest BCUT2D eigenvalue weighted by atomic mass is 16.7. The fourth-order valence-corrected chi connectivity index (χ4v) is 2.46. The van der Waals surface area contributed by atoms with Crippen LogP contribution in [0.4, 0.5) is 0 Å². The first-order valence-electron chi connectivity index (χ1n) is 7.66. The monoisotopic (exact) mass is 291 g/mol. The number of hydrogen-bond acceptors (Lipinski definition) is 4. The zero-order valence-electron chi connectivity index (χ0n) is 13.3. The Morgan fingerprint density at radius 1 is 1.10 bits per heavy atom. The van der Waals surface area contributed by atoms with E-state index in [4.69, 9.17) is 13.9 Å². The van der Waals surface area contributed by atoms with Crippen LogP contribution < -0.4 is 5.32 Å². The Balaban J connectivity index is 2.33. The van der Waals surface area contributed by atoms with E-state index in [0.29, 0.717) is 13.2 Å². The molecule has 0 spiro atoms. The molecule has 0 saturated carbocycles. The summed E-state index contributed by atoms with van der Waals surface area (Å²) in [6, 6.07) is 8.15. The lowest BCUT2D eigenvalue weighted by atomic mass is 10.1. The number of nitrogens with one attached hydrogen (secondary N) is 1. The van der Waals surface area contributed by atoms with Gasteiger partial charge < -0.3 is 19.2 Å². The lowest BCUT2D eigenvalue weighted by Gasteiger charge is -2.25. The number of hydrogen-bond donors (Lipinski definition) is 1. The van der Waals surface area contributed by atoms with E-state index >= 15 is 0 Å². The molecule has 0 bridgehead atoms. The SMILES string of the molecule is CCNC(c1cc2cc(C)ccc2o1)C(OCC)OCC. The van der Waals surface area contributed by atoms with Crippen LogP contribution in [0.5, 0.6) is 0 Å². The molecule has 0 fully saturated rings. The molecule has 0 aliphatic rings. The van der Waals surface area contributed by atoms with Gasteiger partial charge in [0.2, 0.25) is 0 Å². The van der Waals surface area contributed by atoms with Crippen LogP contribution in [0.2, 0.25) is 0 Å². The van der Waals surface area contributed by atoms with Crippen molar-refractivity contribution in [2.45, 2.75) is 40.0 Å². The van der Waals surface area contributed by atoms with Crippen molar-refractivity contribution in [1.82, 2.24) is 5.32 Å². The summed E-state index contributed by atoms with van der Waals surface area (Å²) >= 11 is 0. The molecule has 0 aliphatic carbocycles. The third-order valence-electron chi connectivity index (χ3n) is 3.36. The maximum Gasteiger partial charge on any atom is 0.179 e. The van der Waals surface area contributed by atoms with Crippen molar-refractivity contribution in [3.8, 4) is 0 Å². The van der Waals surface area contributed by atoms with Crippen molar-refractivity contribution in [2.24, 2.45) is 0 Å². The van der Waals surface area contributed by atoms with Crippen LogP contribution in [-0.4, -0.2) is 26.0 Å². The Morgan fingerprint density at radius 3 is 2.43 bits per heavy atom. The second kappa shape index (κ2) is 7.59. The van der Waals surface area contributed by atoms with Gasteiger partial charge in [-0.15, -0.1) is 0 Å². The largest absolute Gasteiger partial charge is 0.459 e. The Morgan fingerprint density at radius 2 is 1.81 bits per heavy atom. The van der Waals surface area contributed by atoms with Gasteiger partial charge in [0.05, 0.1) is 0 Å². The second-order valence-electron chi connectivity index (χ2n) is 5.00.